The van der Waals surface area contributed by atoms with Crippen LogP contribution in [0.5, 0.6) is 0 Å². The summed E-state index contributed by atoms with van der Waals surface area (Å²) < 4.78 is 0. The molecule has 0 aromatic carbocycles. The summed E-state index contributed by atoms with van der Waals surface area (Å²) in [4.78, 5) is 11.8. The van der Waals surface area contributed by atoms with Crippen LogP contribution in [0.15, 0.2) is 0 Å². The van der Waals surface area contributed by atoms with Crippen molar-refractivity contribution in [3.8, 4) is 0 Å². The summed E-state index contributed by atoms with van der Waals surface area (Å²) >= 11 is 0. The minimum Gasteiger partial charge on any atom is -0.391 e. The van der Waals surface area contributed by atoms with E-state index in [2.05, 4.69) is 24.5 Å². The lowest BCUT2D eigenvalue weighted by atomic mass is 10.1. The number of aliphatic hydroxyl groups excluding tert-OH is 1. The summed E-state index contributed by atoms with van der Waals surface area (Å²) in [6.07, 6.45) is 5.34. The zero-order valence-corrected chi connectivity index (χ0v) is 11.5. The molecule has 2 aliphatic carbocycles. The van der Waals surface area contributed by atoms with Crippen LogP contribution in [0.25, 0.3) is 0 Å². The molecule has 18 heavy (non-hydrogen) atoms. The molecule has 0 spiro atoms. The van der Waals surface area contributed by atoms with Gasteiger partial charge in [-0.3, -0.25) is 0 Å². The van der Waals surface area contributed by atoms with E-state index in [1.165, 1.54) is 25.7 Å². The number of amides is 2. The van der Waals surface area contributed by atoms with Gasteiger partial charge in [0.05, 0.1) is 6.10 Å². The smallest absolute Gasteiger partial charge is 0.315 e. The number of carbonyl (C=O) groups excluding carboxylic acids is 1. The van der Waals surface area contributed by atoms with Gasteiger partial charge in [0, 0.05) is 12.6 Å². The topological polar surface area (TPSA) is 61.4 Å². The van der Waals surface area contributed by atoms with E-state index < -0.39 is 6.10 Å². The number of carbonyl (C=O) groups is 1. The van der Waals surface area contributed by atoms with Gasteiger partial charge in [0.25, 0.3) is 0 Å². The summed E-state index contributed by atoms with van der Waals surface area (Å²) in [6, 6.07) is 0.272. The van der Waals surface area contributed by atoms with Gasteiger partial charge in [0.1, 0.15) is 0 Å². The highest BCUT2D eigenvalue weighted by Gasteiger charge is 2.42. The first kappa shape index (κ1) is 13.7. The van der Waals surface area contributed by atoms with Crippen LogP contribution < -0.4 is 10.6 Å². The van der Waals surface area contributed by atoms with Crippen molar-refractivity contribution in [3.05, 3.63) is 0 Å². The Labute approximate surface area is 110 Å². The molecule has 2 saturated carbocycles. The van der Waals surface area contributed by atoms with E-state index in [1.54, 1.807) is 0 Å². The second-order valence-corrected chi connectivity index (χ2v) is 6.34. The van der Waals surface area contributed by atoms with Crippen LogP contribution in [0, 0.1) is 17.8 Å². The summed E-state index contributed by atoms with van der Waals surface area (Å²) in [6.45, 7) is 4.49. The highest BCUT2D eigenvalue weighted by molar-refractivity contribution is 5.74. The largest absolute Gasteiger partial charge is 0.391 e. The number of nitrogens with one attached hydrogen (secondary N) is 2. The molecule has 2 rings (SSSR count). The molecule has 4 heteroatoms. The standard InChI is InChI=1S/C14H26N2O2/c1-9(2)7-12(17)8-15-14(18)16-13(10-3-4-10)11-5-6-11/h9-13,17H,3-8H2,1-2H3,(H2,15,16,18). The number of urea groups is 1. The van der Waals surface area contributed by atoms with Gasteiger partial charge in [0.15, 0.2) is 0 Å². The Kier molecular flexibility index (Phi) is 4.49. The normalized spacial score (nSPS) is 21.2. The molecule has 3 N–H and O–H groups in total. The second-order valence-electron chi connectivity index (χ2n) is 6.34. The third-order valence-electron chi connectivity index (χ3n) is 3.80. The number of rotatable bonds is 7. The van der Waals surface area contributed by atoms with Crippen molar-refractivity contribution in [2.24, 2.45) is 17.8 Å². The third-order valence-corrected chi connectivity index (χ3v) is 3.80. The molecule has 1 unspecified atom stereocenters. The van der Waals surface area contributed by atoms with Gasteiger partial charge in [-0.1, -0.05) is 13.8 Å². The van der Waals surface area contributed by atoms with E-state index in [4.69, 9.17) is 0 Å². The molecular formula is C14H26N2O2. The van der Waals surface area contributed by atoms with Gasteiger partial charge in [0.2, 0.25) is 0 Å². The predicted molar refractivity (Wildman–Crippen MR) is 71.2 cm³/mol. The van der Waals surface area contributed by atoms with E-state index >= 15 is 0 Å². The summed E-state index contributed by atoms with van der Waals surface area (Å²) in [7, 11) is 0. The number of hydrogen-bond donors (Lipinski definition) is 3. The lowest BCUT2D eigenvalue weighted by molar-refractivity contribution is 0.146. The molecule has 0 aliphatic heterocycles. The van der Waals surface area contributed by atoms with Crippen LogP contribution in [0.4, 0.5) is 4.79 Å². The Balaban J connectivity index is 1.64. The van der Waals surface area contributed by atoms with Crippen molar-refractivity contribution in [2.75, 3.05) is 6.54 Å². The maximum absolute atomic E-state index is 11.8. The van der Waals surface area contributed by atoms with Crippen molar-refractivity contribution >= 4 is 6.03 Å². The fraction of sp³-hybridized carbons (Fsp3) is 0.929. The lowest BCUT2D eigenvalue weighted by Gasteiger charge is -2.19. The minimum absolute atomic E-state index is 0.110. The fourth-order valence-corrected chi connectivity index (χ4v) is 2.57. The highest BCUT2D eigenvalue weighted by Crippen LogP contribution is 2.44. The SMILES string of the molecule is CC(C)CC(O)CNC(=O)NC(C1CC1)C1CC1. The average Bonchev–Trinajstić information content (AvgIpc) is 3.15. The Bertz CT molecular complexity index is 274. The lowest BCUT2D eigenvalue weighted by Crippen LogP contribution is -2.46. The van der Waals surface area contributed by atoms with Crippen molar-refractivity contribution in [2.45, 2.75) is 58.1 Å². The van der Waals surface area contributed by atoms with E-state index in [-0.39, 0.29) is 6.03 Å². The zero-order chi connectivity index (χ0) is 13.1. The molecular weight excluding hydrogens is 228 g/mol. The highest BCUT2D eigenvalue weighted by atomic mass is 16.3. The van der Waals surface area contributed by atoms with Gasteiger partial charge in [-0.05, 0) is 49.9 Å². The first-order chi connectivity index (χ1) is 8.56. The molecule has 4 nitrogen and oxygen atoms in total. The molecule has 104 valence electrons. The van der Waals surface area contributed by atoms with Crippen LogP contribution >= 0.6 is 0 Å². The van der Waals surface area contributed by atoms with Crippen LogP contribution in [-0.2, 0) is 0 Å². The van der Waals surface area contributed by atoms with Gasteiger partial charge >= 0.3 is 6.03 Å². The molecule has 0 heterocycles. The van der Waals surface area contributed by atoms with Gasteiger partial charge in [-0.2, -0.15) is 0 Å². The molecule has 2 amide bonds. The molecule has 1 atom stereocenters. The van der Waals surface area contributed by atoms with Crippen LogP contribution in [-0.4, -0.2) is 29.8 Å². The molecule has 0 aromatic rings. The third kappa shape index (κ3) is 4.48. The van der Waals surface area contributed by atoms with Crippen molar-refractivity contribution < 1.29 is 9.90 Å². The maximum atomic E-state index is 11.8. The van der Waals surface area contributed by atoms with Crippen molar-refractivity contribution in [1.82, 2.24) is 10.6 Å². The van der Waals surface area contributed by atoms with Crippen LogP contribution in [0.3, 0.4) is 0 Å². The molecule has 2 fully saturated rings. The Hall–Kier alpha value is -0.770. The number of aliphatic hydroxyl groups is 1. The first-order valence-corrected chi connectivity index (χ1v) is 7.28. The molecule has 2 aliphatic rings. The Morgan fingerprint density at radius 2 is 1.78 bits per heavy atom. The predicted octanol–water partition coefficient (Wildman–Crippen LogP) is 1.88. The Morgan fingerprint density at radius 1 is 1.22 bits per heavy atom. The number of hydrogen-bond acceptors (Lipinski definition) is 2. The van der Waals surface area contributed by atoms with E-state index in [0.717, 1.165) is 6.42 Å². The molecule has 0 bridgehead atoms. The maximum Gasteiger partial charge on any atom is 0.315 e. The minimum atomic E-state index is -0.434. The zero-order valence-electron chi connectivity index (χ0n) is 11.5. The van der Waals surface area contributed by atoms with Crippen LogP contribution in [0.2, 0.25) is 0 Å². The summed E-state index contributed by atoms with van der Waals surface area (Å²) in [5.41, 5.74) is 0. The molecule has 0 radical (unpaired) electrons. The molecule has 0 saturated heterocycles. The Morgan fingerprint density at radius 3 is 2.22 bits per heavy atom. The van der Waals surface area contributed by atoms with Gasteiger partial charge < -0.3 is 15.7 Å². The van der Waals surface area contributed by atoms with E-state index in [0.29, 0.717) is 30.3 Å². The summed E-state index contributed by atoms with van der Waals surface area (Å²) in [5.74, 6) is 1.88. The molecule has 0 aromatic heterocycles. The van der Waals surface area contributed by atoms with Gasteiger partial charge in [-0.25, -0.2) is 4.79 Å². The van der Waals surface area contributed by atoms with Crippen molar-refractivity contribution in [1.29, 1.82) is 0 Å². The first-order valence-electron chi connectivity index (χ1n) is 7.28. The van der Waals surface area contributed by atoms with E-state index in [9.17, 15) is 9.90 Å². The fourth-order valence-electron chi connectivity index (χ4n) is 2.57. The second kappa shape index (κ2) is 5.91. The average molecular weight is 254 g/mol. The van der Waals surface area contributed by atoms with E-state index in [1.807, 2.05) is 0 Å². The quantitative estimate of drug-likeness (QED) is 0.649. The summed E-state index contributed by atoms with van der Waals surface area (Å²) in [5, 5.41) is 15.6. The van der Waals surface area contributed by atoms with Crippen molar-refractivity contribution in [3.63, 3.8) is 0 Å². The van der Waals surface area contributed by atoms with Crippen LogP contribution in [0.1, 0.15) is 46.0 Å². The van der Waals surface area contributed by atoms with Gasteiger partial charge in [-0.15, -0.1) is 0 Å². The monoisotopic (exact) mass is 254 g/mol.